The van der Waals surface area contributed by atoms with Gasteiger partial charge in [0.25, 0.3) is 0 Å². The third-order valence-corrected chi connectivity index (χ3v) is 4.27. The van der Waals surface area contributed by atoms with Crippen LogP contribution in [-0.2, 0) is 0 Å². The van der Waals surface area contributed by atoms with Crippen molar-refractivity contribution >= 4 is 11.4 Å². The van der Waals surface area contributed by atoms with Gasteiger partial charge >= 0.3 is 0 Å². The van der Waals surface area contributed by atoms with Crippen molar-refractivity contribution in [2.75, 3.05) is 14.1 Å². The molecule has 2 aromatic heterocycles. The van der Waals surface area contributed by atoms with Gasteiger partial charge in [0.05, 0.1) is 11.4 Å². The Bertz CT molecular complexity index is 667. The van der Waals surface area contributed by atoms with E-state index >= 15 is 0 Å². The molecule has 1 aliphatic rings. The van der Waals surface area contributed by atoms with Crippen LogP contribution in [0.15, 0.2) is 60.4 Å². The minimum absolute atomic E-state index is 1.18. The highest BCUT2D eigenvalue weighted by Gasteiger charge is 2.26. The van der Waals surface area contributed by atoms with Crippen molar-refractivity contribution in [2.45, 2.75) is 13.8 Å². The highest BCUT2D eigenvalue weighted by Crippen LogP contribution is 2.37. The fraction of sp³-hybridized carbons (Fsp3) is 0.222. The molecule has 0 aliphatic carbocycles. The molecule has 0 fully saturated rings. The lowest BCUT2D eigenvalue weighted by atomic mass is 10.0. The molecular formula is C18H20N4. The fourth-order valence-corrected chi connectivity index (χ4v) is 2.96. The summed E-state index contributed by atoms with van der Waals surface area (Å²) in [5.74, 6) is 0. The Morgan fingerprint density at radius 3 is 1.27 bits per heavy atom. The Kier molecular flexibility index (Phi) is 3.67. The molecule has 0 saturated carbocycles. The molecule has 0 amide bonds. The number of hydrogen-bond acceptors (Lipinski definition) is 4. The summed E-state index contributed by atoms with van der Waals surface area (Å²) in [6.45, 7) is 4.31. The predicted molar refractivity (Wildman–Crippen MR) is 89.2 cm³/mol. The summed E-state index contributed by atoms with van der Waals surface area (Å²) in [6.07, 6.45) is 7.34. The van der Waals surface area contributed by atoms with Gasteiger partial charge in [-0.15, -0.1) is 0 Å². The van der Waals surface area contributed by atoms with Crippen LogP contribution in [0.25, 0.3) is 11.4 Å². The predicted octanol–water partition coefficient (Wildman–Crippen LogP) is 3.43. The molecule has 0 bridgehead atoms. The van der Waals surface area contributed by atoms with Crippen LogP contribution >= 0.6 is 0 Å². The summed E-state index contributed by atoms with van der Waals surface area (Å²) >= 11 is 0. The molecule has 22 heavy (non-hydrogen) atoms. The Balaban J connectivity index is 2.11. The van der Waals surface area contributed by atoms with E-state index in [0.29, 0.717) is 0 Å². The Labute approximate surface area is 131 Å². The van der Waals surface area contributed by atoms with E-state index in [2.05, 4.69) is 47.7 Å². The molecule has 0 unspecified atom stereocenters. The van der Waals surface area contributed by atoms with Gasteiger partial charge in [0.15, 0.2) is 0 Å². The van der Waals surface area contributed by atoms with Crippen molar-refractivity contribution < 1.29 is 0 Å². The number of allylic oxidation sites excluding steroid dienone is 2. The topological polar surface area (TPSA) is 32.3 Å². The molecule has 0 spiro atoms. The maximum absolute atomic E-state index is 4.12. The average Bonchev–Trinajstić information content (AvgIpc) is 2.55. The molecule has 112 valence electrons. The average molecular weight is 292 g/mol. The Hall–Kier alpha value is -2.62. The van der Waals surface area contributed by atoms with E-state index in [0.717, 1.165) is 0 Å². The van der Waals surface area contributed by atoms with Crippen molar-refractivity contribution in [3.63, 3.8) is 0 Å². The van der Waals surface area contributed by atoms with Crippen molar-refractivity contribution in [3.05, 3.63) is 71.6 Å². The lowest BCUT2D eigenvalue weighted by Gasteiger charge is -2.39. The standard InChI is InChI=1S/C18H20N4/c1-13-17(15-5-9-19-10-6-15)22(4)14(2)18(21(13)3)16-7-11-20-12-8-16/h5-12H,1-4H3. The van der Waals surface area contributed by atoms with Crippen LogP contribution in [0.2, 0.25) is 0 Å². The van der Waals surface area contributed by atoms with E-state index in [1.807, 2.05) is 49.1 Å². The van der Waals surface area contributed by atoms with Crippen LogP contribution in [0.3, 0.4) is 0 Å². The second-order valence-corrected chi connectivity index (χ2v) is 5.46. The zero-order valence-electron chi connectivity index (χ0n) is 13.4. The fourth-order valence-electron chi connectivity index (χ4n) is 2.96. The van der Waals surface area contributed by atoms with Crippen molar-refractivity contribution in [3.8, 4) is 0 Å². The van der Waals surface area contributed by atoms with Gasteiger partial charge < -0.3 is 9.80 Å². The number of aromatic nitrogens is 2. The number of pyridine rings is 2. The summed E-state index contributed by atoms with van der Waals surface area (Å²) in [4.78, 5) is 12.7. The molecule has 0 saturated heterocycles. The summed E-state index contributed by atoms with van der Waals surface area (Å²) < 4.78 is 0. The number of rotatable bonds is 2. The summed E-state index contributed by atoms with van der Waals surface area (Å²) in [7, 11) is 4.23. The number of nitrogens with zero attached hydrogens (tertiary/aromatic N) is 4. The maximum Gasteiger partial charge on any atom is 0.0676 e. The van der Waals surface area contributed by atoms with Crippen LogP contribution < -0.4 is 0 Å². The van der Waals surface area contributed by atoms with Gasteiger partial charge in [-0.3, -0.25) is 9.97 Å². The molecule has 4 heteroatoms. The van der Waals surface area contributed by atoms with Crippen molar-refractivity contribution in [1.82, 2.24) is 19.8 Å². The van der Waals surface area contributed by atoms with Crippen molar-refractivity contribution in [1.29, 1.82) is 0 Å². The quantitative estimate of drug-likeness (QED) is 0.849. The SMILES string of the molecule is CC1=C(c2ccncc2)N(C)C(C)=C(c2ccncc2)N1C. The lowest BCUT2D eigenvalue weighted by Crippen LogP contribution is -2.30. The highest BCUT2D eigenvalue weighted by atomic mass is 15.2. The van der Waals surface area contributed by atoms with Crippen LogP contribution in [0.5, 0.6) is 0 Å². The van der Waals surface area contributed by atoms with Gasteiger partial charge in [0.1, 0.15) is 0 Å². The molecule has 3 heterocycles. The van der Waals surface area contributed by atoms with Crippen LogP contribution in [0.4, 0.5) is 0 Å². The van der Waals surface area contributed by atoms with E-state index in [-0.39, 0.29) is 0 Å². The van der Waals surface area contributed by atoms with Crippen LogP contribution in [-0.4, -0.2) is 33.9 Å². The van der Waals surface area contributed by atoms with Gasteiger partial charge in [0, 0.05) is 61.4 Å². The first-order valence-corrected chi connectivity index (χ1v) is 7.31. The molecule has 0 N–H and O–H groups in total. The van der Waals surface area contributed by atoms with Gasteiger partial charge in [-0.1, -0.05) is 0 Å². The van der Waals surface area contributed by atoms with Gasteiger partial charge in [-0.2, -0.15) is 0 Å². The Morgan fingerprint density at radius 2 is 0.955 bits per heavy atom. The molecule has 0 radical (unpaired) electrons. The second-order valence-electron chi connectivity index (χ2n) is 5.46. The summed E-state index contributed by atoms with van der Waals surface area (Å²) in [6, 6.07) is 8.20. The normalized spacial score (nSPS) is 15.6. The van der Waals surface area contributed by atoms with E-state index in [4.69, 9.17) is 0 Å². The van der Waals surface area contributed by atoms with E-state index in [9.17, 15) is 0 Å². The summed E-state index contributed by atoms with van der Waals surface area (Å²) in [5, 5.41) is 0. The third-order valence-electron chi connectivity index (χ3n) is 4.27. The largest absolute Gasteiger partial charge is 0.345 e. The molecule has 3 rings (SSSR count). The van der Waals surface area contributed by atoms with Gasteiger partial charge in [-0.25, -0.2) is 0 Å². The van der Waals surface area contributed by atoms with E-state index in [1.165, 1.54) is 33.9 Å². The van der Waals surface area contributed by atoms with Crippen LogP contribution in [0.1, 0.15) is 25.0 Å². The molecule has 0 aromatic carbocycles. The smallest absolute Gasteiger partial charge is 0.0676 e. The first kappa shape index (κ1) is 14.3. The Morgan fingerprint density at radius 1 is 0.636 bits per heavy atom. The lowest BCUT2D eigenvalue weighted by molar-refractivity contribution is 0.492. The van der Waals surface area contributed by atoms with Crippen molar-refractivity contribution in [2.24, 2.45) is 0 Å². The first-order valence-electron chi connectivity index (χ1n) is 7.31. The van der Waals surface area contributed by atoms with E-state index < -0.39 is 0 Å². The minimum Gasteiger partial charge on any atom is -0.345 e. The minimum atomic E-state index is 1.18. The second kappa shape index (κ2) is 5.64. The zero-order valence-corrected chi connectivity index (χ0v) is 13.4. The first-order chi connectivity index (χ1) is 10.6. The molecule has 0 atom stereocenters. The number of hydrogen-bond donors (Lipinski definition) is 0. The molecule has 4 nitrogen and oxygen atoms in total. The highest BCUT2D eigenvalue weighted by molar-refractivity contribution is 5.78. The third kappa shape index (κ3) is 2.26. The maximum atomic E-state index is 4.12. The monoisotopic (exact) mass is 292 g/mol. The molecule has 2 aromatic rings. The van der Waals surface area contributed by atoms with Gasteiger partial charge in [0.2, 0.25) is 0 Å². The van der Waals surface area contributed by atoms with Crippen LogP contribution in [0, 0.1) is 0 Å². The van der Waals surface area contributed by atoms with Gasteiger partial charge in [-0.05, 0) is 38.1 Å². The zero-order chi connectivity index (χ0) is 15.7. The molecule has 1 aliphatic heterocycles. The summed E-state index contributed by atoms with van der Waals surface area (Å²) in [5.41, 5.74) is 7.20. The van der Waals surface area contributed by atoms with E-state index in [1.54, 1.807) is 0 Å². The molecular weight excluding hydrogens is 272 g/mol.